The summed E-state index contributed by atoms with van der Waals surface area (Å²) in [5, 5.41) is 9.75. The third-order valence-corrected chi connectivity index (χ3v) is 5.28. The summed E-state index contributed by atoms with van der Waals surface area (Å²) >= 11 is 0. The largest absolute Gasteiger partial charge is 0.369 e. The van der Waals surface area contributed by atoms with Gasteiger partial charge in [0.05, 0.1) is 4.90 Å². The van der Waals surface area contributed by atoms with E-state index in [9.17, 15) is 21.9 Å². The fourth-order valence-electron chi connectivity index (χ4n) is 1.91. The van der Waals surface area contributed by atoms with Crippen molar-refractivity contribution >= 4 is 26.3 Å². The molecule has 2 rings (SSSR count). The second-order valence-corrected chi connectivity index (χ2v) is 8.02. The van der Waals surface area contributed by atoms with E-state index in [1.165, 1.54) is 30.4 Å². The Morgan fingerprint density at radius 1 is 1.09 bits per heavy atom. The van der Waals surface area contributed by atoms with E-state index in [1.807, 2.05) is 0 Å². The van der Waals surface area contributed by atoms with Crippen LogP contribution in [0.2, 0.25) is 0 Å². The van der Waals surface area contributed by atoms with Gasteiger partial charge in [-0.2, -0.15) is 16.8 Å². The fourth-order valence-corrected chi connectivity index (χ4v) is 2.98. The summed E-state index contributed by atoms with van der Waals surface area (Å²) in [6, 6.07) is 5.60. The molecule has 1 aromatic carbocycles. The topological polar surface area (TPSA) is 129 Å². The van der Waals surface area contributed by atoms with Gasteiger partial charge in [-0.15, -0.1) is 0 Å². The minimum absolute atomic E-state index is 0.242. The monoisotopic (exact) mass is 358 g/mol. The van der Waals surface area contributed by atoms with E-state index in [1.54, 1.807) is 18.2 Å². The van der Waals surface area contributed by atoms with Gasteiger partial charge in [0.15, 0.2) is 0 Å². The lowest BCUT2D eigenvalue weighted by Crippen LogP contribution is -2.36. The van der Waals surface area contributed by atoms with Crippen LogP contribution in [-0.2, 0) is 20.2 Å². The lowest BCUT2D eigenvalue weighted by Gasteiger charge is -2.22. The Bertz CT molecular complexity index is 908. The third kappa shape index (κ3) is 4.15. The number of allylic oxidation sites excluding steroid dienone is 3. The second-order valence-electron chi connectivity index (χ2n) is 4.94. The van der Waals surface area contributed by atoms with Crippen LogP contribution in [0.4, 0.5) is 0 Å². The van der Waals surface area contributed by atoms with Crippen LogP contribution < -0.4 is 0 Å². The van der Waals surface area contributed by atoms with Gasteiger partial charge in [0.25, 0.3) is 20.2 Å². The smallest absolute Gasteiger partial charge is 0.299 e. The van der Waals surface area contributed by atoms with Crippen LogP contribution in [0.5, 0.6) is 0 Å². The highest BCUT2D eigenvalue weighted by Crippen LogP contribution is 2.26. The minimum atomic E-state index is -4.63. The molecule has 1 aromatic rings. The van der Waals surface area contributed by atoms with Crippen LogP contribution >= 0.6 is 0 Å². The van der Waals surface area contributed by atoms with Crippen LogP contribution in [0.1, 0.15) is 12.0 Å². The zero-order chi connectivity index (χ0) is 17.3. The first-order chi connectivity index (χ1) is 10.5. The Morgan fingerprint density at radius 2 is 1.78 bits per heavy atom. The third-order valence-electron chi connectivity index (χ3n) is 3.24. The second kappa shape index (κ2) is 6.02. The highest BCUT2D eigenvalue weighted by molar-refractivity contribution is 7.87. The van der Waals surface area contributed by atoms with Gasteiger partial charge >= 0.3 is 0 Å². The SMILES string of the molecule is O=S(=O)(O)c1cccc(C=CC2=CCC(O)(S(=O)(=O)O)C=C2)c1. The van der Waals surface area contributed by atoms with E-state index >= 15 is 0 Å². The molecule has 7 nitrogen and oxygen atoms in total. The molecule has 9 heteroatoms. The van der Waals surface area contributed by atoms with Crippen molar-refractivity contribution in [3.63, 3.8) is 0 Å². The summed E-state index contributed by atoms with van der Waals surface area (Å²) in [5.74, 6) is 0. The zero-order valence-corrected chi connectivity index (χ0v) is 13.3. The maximum Gasteiger partial charge on any atom is 0.299 e. The molecule has 0 saturated heterocycles. The molecule has 23 heavy (non-hydrogen) atoms. The molecule has 0 amide bonds. The van der Waals surface area contributed by atoms with E-state index in [4.69, 9.17) is 9.11 Å². The van der Waals surface area contributed by atoms with Gasteiger partial charge < -0.3 is 5.11 Å². The van der Waals surface area contributed by atoms with Crippen molar-refractivity contribution in [2.75, 3.05) is 0 Å². The first kappa shape index (κ1) is 17.6. The van der Waals surface area contributed by atoms with Gasteiger partial charge in [-0.25, -0.2) is 0 Å². The number of benzene rings is 1. The van der Waals surface area contributed by atoms with Crippen LogP contribution in [0.15, 0.2) is 59.0 Å². The quantitative estimate of drug-likeness (QED) is 0.694. The summed E-state index contributed by atoms with van der Waals surface area (Å²) in [6.07, 6.45) is 6.52. The van der Waals surface area contributed by atoms with Gasteiger partial charge in [-0.3, -0.25) is 9.11 Å². The lowest BCUT2D eigenvalue weighted by molar-refractivity contribution is 0.162. The fraction of sp³-hybridized carbons (Fsp3) is 0.143. The average molecular weight is 358 g/mol. The normalized spacial score (nSPS) is 22.3. The summed E-state index contributed by atoms with van der Waals surface area (Å²) in [7, 11) is -8.92. The summed E-state index contributed by atoms with van der Waals surface area (Å²) < 4.78 is 62.1. The highest BCUT2D eigenvalue weighted by atomic mass is 32.2. The first-order valence-electron chi connectivity index (χ1n) is 6.36. The van der Waals surface area contributed by atoms with Crippen molar-refractivity contribution in [3.8, 4) is 0 Å². The molecule has 0 aromatic heterocycles. The van der Waals surface area contributed by atoms with E-state index in [-0.39, 0.29) is 11.3 Å². The molecule has 124 valence electrons. The predicted octanol–water partition coefficient (Wildman–Crippen LogP) is 1.41. The number of hydrogen-bond acceptors (Lipinski definition) is 5. The molecule has 0 saturated carbocycles. The van der Waals surface area contributed by atoms with Crippen molar-refractivity contribution in [1.82, 2.24) is 0 Å². The van der Waals surface area contributed by atoms with Gasteiger partial charge in [0, 0.05) is 6.42 Å². The number of aliphatic hydroxyl groups is 1. The molecule has 0 radical (unpaired) electrons. The molecule has 3 N–H and O–H groups in total. The Kier molecular flexibility index (Phi) is 4.60. The molecular formula is C14H14O7S2. The molecule has 0 bridgehead atoms. The number of hydrogen-bond donors (Lipinski definition) is 3. The van der Waals surface area contributed by atoms with Crippen LogP contribution in [-0.4, -0.2) is 36.0 Å². The van der Waals surface area contributed by atoms with Crippen molar-refractivity contribution < 1.29 is 31.0 Å². The molecule has 1 atom stereocenters. The van der Waals surface area contributed by atoms with Crippen LogP contribution in [0.3, 0.4) is 0 Å². The van der Waals surface area contributed by atoms with Crippen molar-refractivity contribution in [1.29, 1.82) is 0 Å². The van der Waals surface area contributed by atoms with Crippen molar-refractivity contribution in [2.45, 2.75) is 16.2 Å². The summed E-state index contributed by atoms with van der Waals surface area (Å²) in [5.41, 5.74) is 1.07. The molecule has 0 heterocycles. The van der Waals surface area contributed by atoms with Crippen LogP contribution in [0, 0.1) is 0 Å². The Hall–Kier alpha value is -1.78. The molecule has 0 spiro atoms. The molecule has 0 fully saturated rings. The summed E-state index contributed by atoms with van der Waals surface area (Å²) in [4.78, 5) is -2.58. The maximum absolute atomic E-state index is 11.1. The van der Waals surface area contributed by atoms with E-state index < -0.39 is 25.2 Å². The van der Waals surface area contributed by atoms with Gasteiger partial charge in [-0.05, 0) is 29.3 Å². The predicted molar refractivity (Wildman–Crippen MR) is 83.6 cm³/mol. The minimum Gasteiger partial charge on any atom is -0.369 e. The Balaban J connectivity index is 2.19. The zero-order valence-electron chi connectivity index (χ0n) is 11.7. The van der Waals surface area contributed by atoms with Gasteiger partial charge in [0.1, 0.15) is 0 Å². The molecule has 1 aliphatic rings. The van der Waals surface area contributed by atoms with Crippen molar-refractivity contribution in [2.24, 2.45) is 0 Å². The standard InChI is InChI=1S/C14H14O7S2/c15-14(23(19,20)21)8-6-11(7-9-14)4-5-12-2-1-3-13(10-12)22(16,17)18/h1-8,10,15H,9H2,(H,16,17,18)(H,19,20,21). The average Bonchev–Trinajstić information content (AvgIpc) is 2.45. The number of rotatable bonds is 4. The Labute approximate surface area is 133 Å². The Morgan fingerprint density at radius 3 is 2.30 bits per heavy atom. The first-order valence-corrected chi connectivity index (χ1v) is 9.24. The van der Waals surface area contributed by atoms with Crippen molar-refractivity contribution in [3.05, 3.63) is 59.7 Å². The van der Waals surface area contributed by atoms with E-state index in [0.717, 1.165) is 6.08 Å². The van der Waals surface area contributed by atoms with E-state index in [0.29, 0.717) is 11.1 Å². The molecule has 0 aliphatic heterocycles. The summed E-state index contributed by atoms with van der Waals surface area (Å²) in [6.45, 7) is 0. The molecular weight excluding hydrogens is 344 g/mol. The molecule has 1 aliphatic carbocycles. The highest BCUT2D eigenvalue weighted by Gasteiger charge is 2.38. The molecule has 1 unspecified atom stereocenters. The van der Waals surface area contributed by atoms with E-state index in [2.05, 4.69) is 0 Å². The van der Waals surface area contributed by atoms with Gasteiger partial charge in [0.2, 0.25) is 4.93 Å². The van der Waals surface area contributed by atoms with Crippen LogP contribution in [0.25, 0.3) is 6.08 Å². The lowest BCUT2D eigenvalue weighted by atomic mass is 10.0. The van der Waals surface area contributed by atoms with Gasteiger partial charge in [-0.1, -0.05) is 36.4 Å². The maximum atomic E-state index is 11.1.